The van der Waals surface area contributed by atoms with Gasteiger partial charge in [-0.25, -0.2) is 9.36 Å². The number of aryl methyl sites for hydroxylation is 1. The lowest BCUT2D eigenvalue weighted by Gasteiger charge is -2.30. The van der Waals surface area contributed by atoms with Gasteiger partial charge in [-0.3, -0.25) is 27.9 Å². The quantitative estimate of drug-likeness (QED) is 0.816. The van der Waals surface area contributed by atoms with E-state index in [4.69, 9.17) is 18.3 Å². The summed E-state index contributed by atoms with van der Waals surface area (Å²) in [5, 5.41) is 0. The van der Waals surface area contributed by atoms with Gasteiger partial charge in [0.25, 0.3) is 5.56 Å². The van der Waals surface area contributed by atoms with Crippen molar-refractivity contribution in [2.45, 2.75) is 51.7 Å². The molecular weight excluding hydrogens is 327 g/mol. The Morgan fingerprint density at radius 1 is 1.39 bits per heavy atom. The average Bonchev–Trinajstić information content (AvgIpc) is 2.83. The predicted octanol–water partition coefficient (Wildman–Crippen LogP) is 1.08. The highest BCUT2D eigenvalue weighted by atomic mass is 31.2. The molecule has 2 unspecified atom stereocenters. The van der Waals surface area contributed by atoms with Crippen LogP contribution in [-0.2, 0) is 22.9 Å². The van der Waals surface area contributed by atoms with Gasteiger partial charge in [-0.15, -0.1) is 0 Å². The molecule has 0 aromatic carbocycles. The lowest BCUT2D eigenvalue weighted by Crippen LogP contribution is -2.34. The van der Waals surface area contributed by atoms with E-state index in [9.17, 15) is 14.2 Å². The molecule has 0 amide bonds. The fourth-order valence-electron chi connectivity index (χ4n) is 2.61. The summed E-state index contributed by atoms with van der Waals surface area (Å²) in [4.78, 5) is 25.6. The second-order valence-corrected chi connectivity index (χ2v) is 7.46. The summed E-state index contributed by atoms with van der Waals surface area (Å²) in [5.41, 5.74) is -0.600. The van der Waals surface area contributed by atoms with Crippen LogP contribution >= 0.6 is 7.82 Å². The number of nitrogens with zero attached hydrogens (tertiary/aromatic N) is 1. The van der Waals surface area contributed by atoms with Crippen molar-refractivity contribution in [3.8, 4) is 0 Å². The average molecular weight is 346 g/mol. The monoisotopic (exact) mass is 346 g/mol. The molecule has 3 rings (SSSR count). The number of aromatic amines is 1. The van der Waals surface area contributed by atoms with Crippen molar-refractivity contribution in [2.75, 3.05) is 6.61 Å². The van der Waals surface area contributed by atoms with Gasteiger partial charge in [-0.2, -0.15) is 0 Å². The van der Waals surface area contributed by atoms with Gasteiger partial charge in [0.2, 0.25) is 0 Å². The molecule has 128 valence electrons. The van der Waals surface area contributed by atoms with Crippen molar-refractivity contribution in [1.29, 1.82) is 0 Å². The number of rotatable bonds is 3. The van der Waals surface area contributed by atoms with Gasteiger partial charge in [0, 0.05) is 18.2 Å². The van der Waals surface area contributed by atoms with Crippen molar-refractivity contribution in [1.82, 2.24) is 9.55 Å². The van der Waals surface area contributed by atoms with Crippen LogP contribution in [0.2, 0.25) is 0 Å². The molecule has 10 heteroatoms. The van der Waals surface area contributed by atoms with Gasteiger partial charge < -0.3 is 4.74 Å². The van der Waals surface area contributed by atoms with Crippen LogP contribution in [0.1, 0.15) is 32.1 Å². The fourth-order valence-corrected chi connectivity index (χ4v) is 4.18. The summed E-state index contributed by atoms with van der Waals surface area (Å²) < 4.78 is 35.3. The van der Waals surface area contributed by atoms with Crippen LogP contribution in [0.5, 0.6) is 0 Å². The molecule has 0 bridgehead atoms. The van der Waals surface area contributed by atoms with E-state index in [1.165, 1.54) is 10.8 Å². The first-order valence-corrected chi connectivity index (χ1v) is 8.82. The van der Waals surface area contributed by atoms with E-state index in [2.05, 4.69) is 4.98 Å². The van der Waals surface area contributed by atoms with Crippen LogP contribution in [0.3, 0.4) is 0 Å². The van der Waals surface area contributed by atoms with Crippen molar-refractivity contribution in [3.63, 3.8) is 0 Å². The van der Waals surface area contributed by atoms with Crippen molar-refractivity contribution in [2.24, 2.45) is 0 Å². The van der Waals surface area contributed by atoms with E-state index in [0.29, 0.717) is 12.0 Å². The highest BCUT2D eigenvalue weighted by Crippen LogP contribution is 2.57. The minimum absolute atomic E-state index is 0.0578. The highest BCUT2D eigenvalue weighted by molar-refractivity contribution is 7.48. The molecule has 1 N–H and O–H groups in total. The maximum atomic E-state index is 12.4. The Hall–Kier alpha value is -1.25. The Balaban J connectivity index is 1.79. The van der Waals surface area contributed by atoms with Crippen LogP contribution in [0.4, 0.5) is 0 Å². The third kappa shape index (κ3) is 3.34. The molecule has 3 heterocycles. The smallest absolute Gasteiger partial charge is 0.349 e. The minimum atomic E-state index is -3.61. The summed E-state index contributed by atoms with van der Waals surface area (Å²) in [7, 11) is -3.61. The Morgan fingerprint density at radius 2 is 2.13 bits per heavy atom. The van der Waals surface area contributed by atoms with Gasteiger partial charge >= 0.3 is 13.5 Å². The molecule has 2 aliphatic heterocycles. The number of hydrogen-bond acceptors (Lipinski definition) is 7. The van der Waals surface area contributed by atoms with Gasteiger partial charge in [-0.1, -0.05) is 0 Å². The fraction of sp³-hybridized carbons (Fsp3) is 0.692. The standard InChI is InChI=1S/C13H19N2O7P/c1-7(2)21-23(18)19-6-10-9(22-23)4-11(20-10)15-5-8(3)12(16)14-13(15)17/h5,7,9-11H,4,6H2,1-3H3,(H,14,16,17)/t9?,10-,11-,23?/m1/s1. The Bertz CT molecular complexity index is 755. The molecule has 0 spiro atoms. The van der Waals surface area contributed by atoms with Crippen molar-refractivity contribution >= 4 is 7.82 Å². The zero-order chi connectivity index (χ0) is 16.8. The molecule has 0 radical (unpaired) electrons. The number of H-pyrrole nitrogens is 1. The highest BCUT2D eigenvalue weighted by Gasteiger charge is 2.48. The minimum Gasteiger partial charge on any atom is -0.349 e. The van der Waals surface area contributed by atoms with Crippen LogP contribution in [0.25, 0.3) is 0 Å². The van der Waals surface area contributed by atoms with E-state index in [0.717, 1.165) is 0 Å². The number of nitrogens with one attached hydrogen (secondary N) is 1. The van der Waals surface area contributed by atoms with Gasteiger partial charge in [0.1, 0.15) is 18.4 Å². The first kappa shape index (κ1) is 16.6. The molecule has 0 aliphatic carbocycles. The second kappa shape index (κ2) is 5.99. The summed E-state index contributed by atoms with van der Waals surface area (Å²) >= 11 is 0. The molecule has 2 fully saturated rings. The molecule has 1 aromatic rings. The molecule has 23 heavy (non-hydrogen) atoms. The van der Waals surface area contributed by atoms with E-state index < -0.39 is 37.5 Å². The molecular formula is C13H19N2O7P. The lowest BCUT2D eigenvalue weighted by molar-refractivity contribution is -0.0749. The van der Waals surface area contributed by atoms with E-state index in [1.807, 2.05) is 0 Å². The lowest BCUT2D eigenvalue weighted by atomic mass is 10.2. The van der Waals surface area contributed by atoms with Gasteiger partial charge in [-0.05, 0) is 20.8 Å². The predicted molar refractivity (Wildman–Crippen MR) is 79.2 cm³/mol. The molecule has 9 nitrogen and oxygen atoms in total. The Morgan fingerprint density at radius 3 is 2.83 bits per heavy atom. The molecule has 2 aliphatic rings. The second-order valence-electron chi connectivity index (χ2n) is 5.88. The number of phosphoric acid groups is 1. The molecule has 4 atom stereocenters. The first-order chi connectivity index (χ1) is 10.8. The summed E-state index contributed by atoms with van der Waals surface area (Å²) in [6.45, 7) is 5.12. The first-order valence-electron chi connectivity index (χ1n) is 7.36. The summed E-state index contributed by atoms with van der Waals surface area (Å²) in [6, 6.07) is 0. The number of ether oxygens (including phenoxy) is 1. The SMILES string of the molecule is Cc1cn([C@H]2CC3OP(=O)(OC(C)C)OC[C@H]3O2)c(=O)[nH]c1=O. The summed E-state index contributed by atoms with van der Waals surface area (Å²) in [6.07, 6.45) is -0.129. The normalized spacial score (nSPS) is 33.8. The van der Waals surface area contributed by atoms with Crippen molar-refractivity contribution < 1.29 is 22.9 Å². The number of hydrogen-bond donors (Lipinski definition) is 1. The van der Waals surface area contributed by atoms with Gasteiger partial charge in [0.05, 0.1) is 12.7 Å². The van der Waals surface area contributed by atoms with E-state index in [-0.39, 0.29) is 12.7 Å². The third-order valence-corrected chi connectivity index (χ3v) is 5.31. The zero-order valence-electron chi connectivity index (χ0n) is 13.1. The number of phosphoric ester groups is 1. The Labute approximate surface area is 132 Å². The zero-order valence-corrected chi connectivity index (χ0v) is 13.9. The van der Waals surface area contributed by atoms with Crippen LogP contribution in [-0.4, -0.2) is 34.5 Å². The number of fused-ring (bicyclic) bond motifs is 1. The van der Waals surface area contributed by atoms with Crippen molar-refractivity contribution in [3.05, 3.63) is 32.6 Å². The van der Waals surface area contributed by atoms with Crippen LogP contribution in [0.15, 0.2) is 15.8 Å². The maximum absolute atomic E-state index is 12.4. The van der Waals surface area contributed by atoms with Crippen LogP contribution in [0, 0.1) is 6.92 Å². The van der Waals surface area contributed by atoms with E-state index >= 15 is 0 Å². The number of aromatic nitrogens is 2. The Kier molecular flexibility index (Phi) is 4.33. The maximum Gasteiger partial charge on any atom is 0.475 e. The molecule has 0 saturated carbocycles. The molecule has 1 aromatic heterocycles. The van der Waals surface area contributed by atoms with Crippen LogP contribution < -0.4 is 11.2 Å². The van der Waals surface area contributed by atoms with Gasteiger partial charge in [0.15, 0.2) is 0 Å². The summed E-state index contributed by atoms with van der Waals surface area (Å²) in [5.74, 6) is 0. The molecule has 2 saturated heterocycles. The third-order valence-electron chi connectivity index (χ3n) is 3.64. The topological polar surface area (TPSA) is 109 Å². The van der Waals surface area contributed by atoms with E-state index in [1.54, 1.807) is 20.8 Å². The largest absolute Gasteiger partial charge is 0.475 e.